The van der Waals surface area contributed by atoms with Crippen molar-refractivity contribution < 1.29 is 9.59 Å². The average Bonchev–Trinajstić information content (AvgIpc) is 3.32. The number of piperazine rings is 1. The Morgan fingerprint density at radius 1 is 0.778 bits per heavy atom. The first-order valence-electron chi connectivity index (χ1n) is 12.9. The summed E-state index contributed by atoms with van der Waals surface area (Å²) in [5, 5.41) is 3.11. The highest BCUT2D eigenvalue weighted by Crippen LogP contribution is 2.33. The number of hydrogen-bond acceptors (Lipinski definition) is 4. The Bertz CT molecular complexity index is 1160. The van der Waals surface area contributed by atoms with Crippen molar-refractivity contribution in [2.24, 2.45) is 0 Å². The molecule has 2 aliphatic rings. The number of anilines is 1. The van der Waals surface area contributed by atoms with Crippen LogP contribution < -0.4 is 10.2 Å². The van der Waals surface area contributed by atoms with Crippen molar-refractivity contribution >= 4 is 17.5 Å². The molecule has 1 saturated heterocycles. The number of benzene rings is 3. The first-order chi connectivity index (χ1) is 17.7. The lowest BCUT2D eigenvalue weighted by Gasteiger charge is -2.34. The molecule has 36 heavy (non-hydrogen) atoms. The predicted molar refractivity (Wildman–Crippen MR) is 143 cm³/mol. The zero-order chi connectivity index (χ0) is 24.7. The summed E-state index contributed by atoms with van der Waals surface area (Å²) in [7, 11) is 0. The van der Waals surface area contributed by atoms with Crippen LogP contribution in [-0.2, 0) is 17.8 Å². The van der Waals surface area contributed by atoms with Crippen molar-refractivity contribution in [1.82, 2.24) is 15.1 Å². The van der Waals surface area contributed by atoms with E-state index >= 15 is 0 Å². The van der Waals surface area contributed by atoms with Crippen molar-refractivity contribution in [3.63, 3.8) is 0 Å². The molecule has 1 atom stereocenters. The van der Waals surface area contributed by atoms with Gasteiger partial charge >= 0.3 is 0 Å². The zero-order valence-corrected chi connectivity index (χ0v) is 20.7. The summed E-state index contributed by atoms with van der Waals surface area (Å²) < 4.78 is 0. The van der Waals surface area contributed by atoms with E-state index in [0.29, 0.717) is 18.5 Å². The van der Waals surface area contributed by atoms with E-state index in [0.717, 1.165) is 56.9 Å². The lowest BCUT2D eigenvalue weighted by atomic mass is 10.1. The van der Waals surface area contributed by atoms with Gasteiger partial charge in [0, 0.05) is 56.9 Å². The number of para-hydroxylation sites is 1. The second-order valence-electron chi connectivity index (χ2n) is 9.64. The Morgan fingerprint density at radius 2 is 1.42 bits per heavy atom. The minimum atomic E-state index is -0.517. The minimum absolute atomic E-state index is 0.0804. The number of carbonyl (C=O) groups is 2. The topological polar surface area (TPSA) is 55.9 Å². The molecular formula is C30H34N4O2. The standard InChI is InChI=1S/C30H34N4O2/c35-29(31-16-9-17-32-18-20-33(21-19-32)23-24-10-3-1-4-11-24)28-22-26-14-7-8-15-27(26)34(28)30(36)25-12-5-2-6-13-25/h1-8,10-15,28H,9,16-23H2,(H,31,35). The molecule has 6 heteroatoms. The molecule has 5 rings (SSSR count). The molecule has 0 radical (unpaired) electrons. The Kier molecular flexibility index (Phi) is 7.74. The second kappa shape index (κ2) is 11.5. The molecule has 0 saturated carbocycles. The van der Waals surface area contributed by atoms with Crippen LogP contribution in [-0.4, -0.2) is 66.9 Å². The highest BCUT2D eigenvalue weighted by molar-refractivity contribution is 6.11. The SMILES string of the molecule is O=C(NCCCN1CCN(Cc2ccccc2)CC1)C1Cc2ccccc2N1C(=O)c1ccccc1. The first-order valence-corrected chi connectivity index (χ1v) is 12.9. The molecule has 1 fully saturated rings. The maximum absolute atomic E-state index is 13.3. The number of rotatable bonds is 8. The molecule has 2 aliphatic heterocycles. The van der Waals surface area contributed by atoms with Crippen LogP contribution in [0.2, 0.25) is 0 Å². The summed E-state index contributed by atoms with van der Waals surface area (Å²) in [5.41, 5.74) is 3.83. The largest absolute Gasteiger partial charge is 0.354 e. The minimum Gasteiger partial charge on any atom is -0.354 e. The number of fused-ring (bicyclic) bond motifs is 1. The quantitative estimate of drug-likeness (QED) is 0.499. The Morgan fingerprint density at radius 3 is 2.17 bits per heavy atom. The molecule has 1 unspecified atom stereocenters. The lowest BCUT2D eigenvalue weighted by molar-refractivity contribution is -0.122. The van der Waals surface area contributed by atoms with Gasteiger partial charge in [-0.3, -0.25) is 19.4 Å². The van der Waals surface area contributed by atoms with Crippen molar-refractivity contribution in [2.45, 2.75) is 25.4 Å². The summed E-state index contributed by atoms with van der Waals surface area (Å²) in [4.78, 5) is 33.2. The molecule has 6 nitrogen and oxygen atoms in total. The van der Waals surface area contributed by atoms with Crippen LogP contribution in [0.3, 0.4) is 0 Å². The van der Waals surface area contributed by atoms with Crippen LogP contribution in [0.5, 0.6) is 0 Å². The fourth-order valence-corrected chi connectivity index (χ4v) is 5.21. The molecule has 0 spiro atoms. The van der Waals surface area contributed by atoms with Gasteiger partial charge in [0.1, 0.15) is 6.04 Å². The van der Waals surface area contributed by atoms with Gasteiger partial charge in [0.05, 0.1) is 0 Å². The molecule has 0 bridgehead atoms. The Labute approximate surface area is 213 Å². The number of nitrogens with one attached hydrogen (secondary N) is 1. The number of amides is 2. The van der Waals surface area contributed by atoms with Gasteiger partial charge in [-0.1, -0.05) is 66.7 Å². The van der Waals surface area contributed by atoms with Crippen molar-refractivity contribution in [1.29, 1.82) is 0 Å². The van der Waals surface area contributed by atoms with Gasteiger partial charge in [-0.2, -0.15) is 0 Å². The van der Waals surface area contributed by atoms with E-state index in [-0.39, 0.29) is 11.8 Å². The van der Waals surface area contributed by atoms with Crippen LogP contribution >= 0.6 is 0 Å². The molecule has 3 aromatic carbocycles. The van der Waals surface area contributed by atoms with E-state index in [4.69, 9.17) is 0 Å². The van der Waals surface area contributed by atoms with Gasteiger partial charge in [0.25, 0.3) is 5.91 Å². The van der Waals surface area contributed by atoms with Crippen LogP contribution in [0.15, 0.2) is 84.9 Å². The molecular weight excluding hydrogens is 448 g/mol. The van der Waals surface area contributed by atoms with E-state index in [2.05, 4.69) is 45.4 Å². The molecule has 3 aromatic rings. The summed E-state index contributed by atoms with van der Waals surface area (Å²) in [6.07, 6.45) is 1.45. The van der Waals surface area contributed by atoms with E-state index in [1.165, 1.54) is 5.56 Å². The smallest absolute Gasteiger partial charge is 0.259 e. The summed E-state index contributed by atoms with van der Waals surface area (Å²) in [6, 6.07) is 27.1. The summed E-state index contributed by atoms with van der Waals surface area (Å²) >= 11 is 0. The third kappa shape index (κ3) is 5.66. The second-order valence-corrected chi connectivity index (χ2v) is 9.64. The number of hydrogen-bond donors (Lipinski definition) is 1. The maximum atomic E-state index is 13.3. The molecule has 186 valence electrons. The van der Waals surface area contributed by atoms with Gasteiger partial charge in [0.2, 0.25) is 5.91 Å². The molecule has 0 aliphatic carbocycles. The Balaban J connectivity index is 1.10. The van der Waals surface area contributed by atoms with E-state index in [1.54, 1.807) is 17.0 Å². The van der Waals surface area contributed by atoms with Gasteiger partial charge in [-0.15, -0.1) is 0 Å². The predicted octanol–water partition coefficient (Wildman–Crippen LogP) is 3.58. The molecule has 1 N–H and O–H groups in total. The van der Waals surface area contributed by atoms with Crippen molar-refractivity contribution in [3.8, 4) is 0 Å². The number of nitrogens with zero attached hydrogens (tertiary/aromatic N) is 3. The molecule has 0 aromatic heterocycles. The highest BCUT2D eigenvalue weighted by atomic mass is 16.2. The van der Waals surface area contributed by atoms with Crippen molar-refractivity contribution in [3.05, 3.63) is 102 Å². The van der Waals surface area contributed by atoms with Gasteiger partial charge in [-0.05, 0) is 42.3 Å². The van der Waals surface area contributed by atoms with Crippen LogP contribution in [0.1, 0.15) is 27.9 Å². The molecule has 2 heterocycles. The van der Waals surface area contributed by atoms with Crippen molar-refractivity contribution in [2.75, 3.05) is 44.2 Å². The van der Waals surface area contributed by atoms with Gasteiger partial charge in [-0.25, -0.2) is 0 Å². The monoisotopic (exact) mass is 482 g/mol. The van der Waals surface area contributed by atoms with Crippen LogP contribution in [0.4, 0.5) is 5.69 Å². The average molecular weight is 483 g/mol. The number of carbonyl (C=O) groups excluding carboxylic acids is 2. The third-order valence-electron chi connectivity index (χ3n) is 7.18. The first kappa shape index (κ1) is 24.2. The van der Waals surface area contributed by atoms with Gasteiger partial charge in [0.15, 0.2) is 0 Å². The normalized spacial score (nSPS) is 18.1. The van der Waals surface area contributed by atoms with Crippen LogP contribution in [0.25, 0.3) is 0 Å². The third-order valence-corrected chi connectivity index (χ3v) is 7.18. The van der Waals surface area contributed by atoms with E-state index < -0.39 is 6.04 Å². The fourth-order valence-electron chi connectivity index (χ4n) is 5.21. The lowest BCUT2D eigenvalue weighted by Crippen LogP contribution is -2.49. The Hall–Kier alpha value is -3.48. The summed E-state index contributed by atoms with van der Waals surface area (Å²) in [6.45, 7) is 6.83. The van der Waals surface area contributed by atoms with E-state index in [1.807, 2.05) is 42.5 Å². The van der Waals surface area contributed by atoms with E-state index in [9.17, 15) is 9.59 Å². The van der Waals surface area contributed by atoms with Gasteiger partial charge < -0.3 is 10.2 Å². The zero-order valence-electron chi connectivity index (χ0n) is 20.7. The summed E-state index contributed by atoms with van der Waals surface area (Å²) in [5.74, 6) is -0.211. The fraction of sp³-hybridized carbons (Fsp3) is 0.333. The molecule has 2 amide bonds. The van der Waals surface area contributed by atoms with Crippen LogP contribution in [0, 0.1) is 0 Å². The maximum Gasteiger partial charge on any atom is 0.259 e. The highest BCUT2D eigenvalue weighted by Gasteiger charge is 2.38.